The third kappa shape index (κ3) is 4.89. The summed E-state index contributed by atoms with van der Waals surface area (Å²) in [7, 11) is 0. The molecule has 1 saturated heterocycles. The number of halogens is 1. The van der Waals surface area contributed by atoms with E-state index in [-0.39, 0.29) is 11.8 Å². The molecule has 1 aromatic heterocycles. The van der Waals surface area contributed by atoms with E-state index >= 15 is 0 Å². The molecular weight excluding hydrogens is 458 g/mol. The van der Waals surface area contributed by atoms with Gasteiger partial charge in [-0.05, 0) is 67.2 Å². The van der Waals surface area contributed by atoms with Crippen molar-refractivity contribution in [1.82, 2.24) is 9.55 Å². The Kier molecular flexibility index (Phi) is 5.95. The van der Waals surface area contributed by atoms with Crippen LogP contribution in [-0.4, -0.2) is 45.8 Å². The lowest BCUT2D eigenvalue weighted by Gasteiger charge is -2.34. The Morgan fingerprint density at radius 2 is 2.03 bits per heavy atom. The third-order valence-electron chi connectivity index (χ3n) is 6.19. The minimum atomic E-state index is -0.631. The topological polar surface area (TPSA) is 94.7 Å². The van der Waals surface area contributed by atoms with Crippen molar-refractivity contribution < 1.29 is 14.4 Å². The van der Waals surface area contributed by atoms with Crippen LogP contribution in [0, 0.1) is 10.1 Å². The summed E-state index contributed by atoms with van der Waals surface area (Å²) in [6, 6.07) is 16.6. The fourth-order valence-corrected chi connectivity index (χ4v) is 4.63. The van der Waals surface area contributed by atoms with Gasteiger partial charge in [0.25, 0.3) is 0 Å². The zero-order valence-corrected chi connectivity index (χ0v) is 19.6. The molecule has 2 aliphatic rings. The monoisotopic (exact) mass is 483 g/mol. The summed E-state index contributed by atoms with van der Waals surface area (Å²) in [6.45, 7) is 4.61. The smallest absolute Gasteiger partial charge is 0.415 e. The third-order valence-corrected chi connectivity index (χ3v) is 6.43. The van der Waals surface area contributed by atoms with Crippen LogP contribution in [0.3, 0.4) is 0 Å². The lowest BCUT2D eigenvalue weighted by atomic mass is 10.0. The molecule has 9 nitrogen and oxygen atoms in total. The number of piperidine rings is 1. The van der Waals surface area contributed by atoms with Gasteiger partial charge in [-0.25, -0.2) is 0 Å². The van der Waals surface area contributed by atoms with E-state index in [0.29, 0.717) is 19.2 Å². The van der Waals surface area contributed by atoms with Gasteiger partial charge in [0.15, 0.2) is 5.60 Å². The highest BCUT2D eigenvalue weighted by Gasteiger charge is 2.41. The summed E-state index contributed by atoms with van der Waals surface area (Å²) in [6.07, 6.45) is 3.49. The van der Waals surface area contributed by atoms with Gasteiger partial charge in [0, 0.05) is 40.5 Å². The summed E-state index contributed by atoms with van der Waals surface area (Å²) in [4.78, 5) is 16.6. The van der Waals surface area contributed by atoms with Gasteiger partial charge in [-0.1, -0.05) is 17.7 Å². The maximum atomic E-state index is 10.9. The van der Waals surface area contributed by atoms with Crippen LogP contribution in [-0.2, 0) is 6.54 Å². The van der Waals surface area contributed by atoms with Crippen molar-refractivity contribution in [3.63, 3.8) is 0 Å². The Morgan fingerprint density at radius 3 is 2.71 bits per heavy atom. The van der Waals surface area contributed by atoms with E-state index in [1.54, 1.807) is 4.57 Å². The van der Waals surface area contributed by atoms with Crippen molar-refractivity contribution in [1.29, 1.82) is 0 Å². The Labute approximate surface area is 202 Å². The van der Waals surface area contributed by atoms with Crippen molar-refractivity contribution in [2.75, 3.05) is 29.9 Å². The average Bonchev–Trinajstić information content (AvgIpc) is 3.34. The number of ether oxygens (including phenoxy) is 2. The fraction of sp³-hybridized carbons (Fsp3) is 0.375. The number of nitro groups is 1. The summed E-state index contributed by atoms with van der Waals surface area (Å²) in [5.41, 5.74) is 1.60. The molecule has 178 valence electrons. The molecule has 2 aromatic carbocycles. The number of anilines is 2. The first-order chi connectivity index (χ1) is 16.4. The largest absolute Gasteiger partial charge is 0.489 e. The highest BCUT2D eigenvalue weighted by molar-refractivity contribution is 6.30. The van der Waals surface area contributed by atoms with Crippen LogP contribution in [0.4, 0.5) is 17.2 Å². The van der Waals surface area contributed by atoms with E-state index in [4.69, 9.17) is 21.1 Å². The van der Waals surface area contributed by atoms with Gasteiger partial charge in [0.1, 0.15) is 18.6 Å². The summed E-state index contributed by atoms with van der Waals surface area (Å²) < 4.78 is 13.4. The number of imidazole rings is 1. The van der Waals surface area contributed by atoms with Crippen molar-refractivity contribution in [2.45, 2.75) is 38.0 Å². The molecular formula is C24H26ClN5O4. The zero-order chi connectivity index (χ0) is 23.7. The second kappa shape index (κ2) is 9.06. The van der Waals surface area contributed by atoms with Crippen molar-refractivity contribution in [2.24, 2.45) is 0 Å². The normalized spacial score (nSPS) is 20.0. The number of aromatic nitrogens is 2. The molecule has 5 rings (SSSR count). The SMILES string of the molecule is C[C@]1(COc2ccc(N3CCC(Nc4cccc(Cl)c4)CC3)cc2)Cn2cc([N+](=O)[O-])nc2O1. The molecule has 3 heterocycles. The van der Waals surface area contributed by atoms with Gasteiger partial charge in [-0.2, -0.15) is 0 Å². The molecule has 0 radical (unpaired) electrons. The molecule has 1 atom stereocenters. The van der Waals surface area contributed by atoms with Crippen molar-refractivity contribution in [3.05, 3.63) is 69.9 Å². The number of fused-ring (bicyclic) bond motifs is 1. The van der Waals surface area contributed by atoms with E-state index in [9.17, 15) is 10.1 Å². The average molecular weight is 484 g/mol. The highest BCUT2D eigenvalue weighted by atomic mass is 35.5. The molecule has 34 heavy (non-hydrogen) atoms. The van der Waals surface area contributed by atoms with E-state index in [1.807, 2.05) is 43.3 Å². The molecule has 0 amide bonds. The maximum Gasteiger partial charge on any atom is 0.415 e. The van der Waals surface area contributed by atoms with Crippen LogP contribution in [0.2, 0.25) is 5.02 Å². The Balaban J connectivity index is 1.11. The van der Waals surface area contributed by atoms with Crippen LogP contribution in [0.25, 0.3) is 0 Å². The minimum Gasteiger partial charge on any atom is -0.489 e. The number of hydrogen-bond acceptors (Lipinski definition) is 7. The molecule has 1 N–H and O–H groups in total. The molecule has 0 saturated carbocycles. The predicted molar refractivity (Wildman–Crippen MR) is 130 cm³/mol. The first kappa shape index (κ1) is 22.3. The predicted octanol–water partition coefficient (Wildman–Crippen LogP) is 4.76. The quantitative estimate of drug-likeness (QED) is 0.382. The molecule has 2 aliphatic heterocycles. The van der Waals surface area contributed by atoms with E-state index in [2.05, 4.69) is 27.3 Å². The number of rotatable bonds is 7. The van der Waals surface area contributed by atoms with Gasteiger partial charge in [0.05, 0.1) is 6.54 Å². The van der Waals surface area contributed by atoms with Crippen LogP contribution in [0.15, 0.2) is 54.7 Å². The van der Waals surface area contributed by atoms with Gasteiger partial charge in [-0.15, -0.1) is 0 Å². The molecule has 0 spiro atoms. The zero-order valence-electron chi connectivity index (χ0n) is 18.8. The van der Waals surface area contributed by atoms with Gasteiger partial charge in [-0.3, -0.25) is 4.57 Å². The Bertz CT molecular complexity index is 1150. The number of benzene rings is 2. The lowest BCUT2D eigenvalue weighted by molar-refractivity contribution is -0.389. The minimum absolute atomic E-state index is 0.210. The van der Waals surface area contributed by atoms with Crippen LogP contribution >= 0.6 is 11.6 Å². The summed E-state index contributed by atoms with van der Waals surface area (Å²) in [5.74, 6) is 0.541. The highest BCUT2D eigenvalue weighted by Crippen LogP contribution is 2.32. The van der Waals surface area contributed by atoms with Gasteiger partial charge >= 0.3 is 11.8 Å². The van der Waals surface area contributed by atoms with Crippen molar-refractivity contribution >= 4 is 28.8 Å². The van der Waals surface area contributed by atoms with Crippen LogP contribution in [0.1, 0.15) is 19.8 Å². The fourth-order valence-electron chi connectivity index (χ4n) is 4.44. The molecule has 0 unspecified atom stereocenters. The van der Waals surface area contributed by atoms with E-state index < -0.39 is 10.5 Å². The molecule has 0 bridgehead atoms. The summed E-state index contributed by atoms with van der Waals surface area (Å²) >= 11 is 6.09. The first-order valence-electron chi connectivity index (χ1n) is 11.3. The molecule has 10 heteroatoms. The standard InChI is InChI=1S/C24H26ClN5O4/c1-24(15-29-14-22(30(31)32)27-23(29)34-24)16-33-21-7-5-20(6-8-21)28-11-9-18(10-12-28)26-19-4-2-3-17(25)13-19/h2-8,13-14,18,26H,9-12,15-16H2,1H3/t24-/m1/s1. The Morgan fingerprint density at radius 1 is 1.26 bits per heavy atom. The first-order valence-corrected chi connectivity index (χ1v) is 11.7. The second-order valence-corrected chi connectivity index (χ2v) is 9.45. The number of nitrogens with zero attached hydrogens (tertiary/aromatic N) is 4. The van der Waals surface area contributed by atoms with Crippen LogP contribution in [0.5, 0.6) is 11.8 Å². The van der Waals surface area contributed by atoms with E-state index in [0.717, 1.165) is 42.4 Å². The van der Waals surface area contributed by atoms with Gasteiger partial charge < -0.3 is 29.8 Å². The molecule has 0 aliphatic carbocycles. The number of nitrogens with one attached hydrogen (secondary N) is 1. The lowest BCUT2D eigenvalue weighted by Crippen LogP contribution is -2.39. The Hall–Kier alpha value is -3.46. The number of hydrogen-bond donors (Lipinski definition) is 1. The van der Waals surface area contributed by atoms with Crippen molar-refractivity contribution in [3.8, 4) is 11.8 Å². The molecule has 3 aromatic rings. The maximum absolute atomic E-state index is 10.9. The molecule has 1 fully saturated rings. The van der Waals surface area contributed by atoms with E-state index in [1.165, 1.54) is 11.9 Å². The van der Waals surface area contributed by atoms with Gasteiger partial charge in [0.2, 0.25) is 0 Å². The van der Waals surface area contributed by atoms with Crippen LogP contribution < -0.4 is 19.7 Å². The summed E-state index contributed by atoms with van der Waals surface area (Å²) in [5, 5.41) is 15.2. The second-order valence-electron chi connectivity index (χ2n) is 9.02.